The third-order valence-corrected chi connectivity index (χ3v) is 5.00. The lowest BCUT2D eigenvalue weighted by Gasteiger charge is -2.15. The van der Waals surface area contributed by atoms with Crippen LogP contribution in [0.5, 0.6) is 5.75 Å². The number of carbonyl (C=O) groups excluding carboxylic acids is 3. The molecule has 5 heteroatoms. The van der Waals surface area contributed by atoms with E-state index in [0.717, 1.165) is 35.1 Å². The van der Waals surface area contributed by atoms with E-state index in [0.29, 0.717) is 31.6 Å². The molecule has 1 aliphatic rings. The molecule has 1 aliphatic carbocycles. The van der Waals surface area contributed by atoms with Crippen LogP contribution >= 0.6 is 0 Å². The Balaban J connectivity index is 1.44. The number of rotatable bonds is 9. The number of hydrogen-bond donors (Lipinski definition) is 0. The zero-order valence-electron chi connectivity index (χ0n) is 17.2. The Morgan fingerprint density at radius 3 is 2.63 bits per heavy atom. The molecule has 0 heterocycles. The van der Waals surface area contributed by atoms with Crippen LogP contribution < -0.4 is 4.74 Å². The van der Waals surface area contributed by atoms with Crippen LogP contribution in [0.2, 0.25) is 0 Å². The van der Waals surface area contributed by atoms with Gasteiger partial charge in [-0.25, -0.2) is 4.79 Å². The number of esters is 1. The fourth-order valence-electron chi connectivity index (χ4n) is 3.38. The van der Waals surface area contributed by atoms with Gasteiger partial charge in [0.1, 0.15) is 12.4 Å². The minimum absolute atomic E-state index is 0.0209. The van der Waals surface area contributed by atoms with E-state index in [2.05, 4.69) is 0 Å². The SMILES string of the molecule is CCOC(=O)/C=C/c1ccc(CCC(=O)COc2ccc3c(c2)CCCC3=O)cc1. The summed E-state index contributed by atoms with van der Waals surface area (Å²) in [5.74, 6) is 0.476. The van der Waals surface area contributed by atoms with Gasteiger partial charge in [-0.3, -0.25) is 9.59 Å². The second-order valence-corrected chi connectivity index (χ2v) is 7.25. The van der Waals surface area contributed by atoms with Crippen molar-refractivity contribution in [2.75, 3.05) is 13.2 Å². The largest absolute Gasteiger partial charge is 0.486 e. The summed E-state index contributed by atoms with van der Waals surface area (Å²) in [5, 5.41) is 0. The highest BCUT2D eigenvalue weighted by molar-refractivity contribution is 5.98. The number of fused-ring (bicyclic) bond motifs is 1. The number of carbonyl (C=O) groups is 3. The van der Waals surface area contributed by atoms with Gasteiger partial charge in [-0.2, -0.15) is 0 Å². The minimum Gasteiger partial charge on any atom is -0.486 e. The molecule has 0 aliphatic heterocycles. The first-order chi connectivity index (χ1) is 14.5. The molecule has 0 spiro atoms. The van der Waals surface area contributed by atoms with Crippen molar-refractivity contribution in [3.8, 4) is 5.75 Å². The van der Waals surface area contributed by atoms with E-state index in [1.54, 1.807) is 25.1 Å². The molecule has 0 saturated carbocycles. The number of hydrogen-bond acceptors (Lipinski definition) is 5. The molecule has 0 aromatic heterocycles. The molecule has 2 aromatic carbocycles. The lowest BCUT2D eigenvalue weighted by Crippen LogP contribution is -2.14. The van der Waals surface area contributed by atoms with Gasteiger partial charge in [0.05, 0.1) is 6.61 Å². The first-order valence-electron chi connectivity index (χ1n) is 10.3. The molecule has 3 rings (SSSR count). The highest BCUT2D eigenvalue weighted by Crippen LogP contribution is 2.25. The van der Waals surface area contributed by atoms with E-state index >= 15 is 0 Å². The number of Topliss-reactive ketones (excluding diaryl/α,β-unsaturated/α-hetero) is 2. The van der Waals surface area contributed by atoms with Crippen LogP contribution in [0.15, 0.2) is 48.5 Å². The van der Waals surface area contributed by atoms with Crippen molar-refractivity contribution in [1.82, 2.24) is 0 Å². The summed E-state index contributed by atoms with van der Waals surface area (Å²) < 4.78 is 10.5. The smallest absolute Gasteiger partial charge is 0.330 e. The maximum Gasteiger partial charge on any atom is 0.330 e. The first-order valence-corrected chi connectivity index (χ1v) is 10.3. The number of aryl methyl sites for hydroxylation is 2. The van der Waals surface area contributed by atoms with E-state index in [9.17, 15) is 14.4 Å². The third kappa shape index (κ3) is 6.14. The van der Waals surface area contributed by atoms with Crippen molar-refractivity contribution >= 4 is 23.6 Å². The fraction of sp³-hybridized carbons (Fsp3) is 0.320. The second kappa shape index (κ2) is 10.5. The fourth-order valence-corrected chi connectivity index (χ4v) is 3.38. The van der Waals surface area contributed by atoms with Gasteiger partial charge in [-0.15, -0.1) is 0 Å². The monoisotopic (exact) mass is 406 g/mol. The van der Waals surface area contributed by atoms with Gasteiger partial charge in [-0.05, 0) is 67.2 Å². The summed E-state index contributed by atoms with van der Waals surface area (Å²) >= 11 is 0. The van der Waals surface area contributed by atoms with Crippen LogP contribution in [0.3, 0.4) is 0 Å². The Labute approximate surface area is 176 Å². The molecular formula is C25H26O5. The first kappa shape index (κ1) is 21.5. The zero-order valence-corrected chi connectivity index (χ0v) is 17.2. The number of ether oxygens (including phenoxy) is 2. The van der Waals surface area contributed by atoms with Crippen molar-refractivity contribution in [1.29, 1.82) is 0 Å². The summed E-state index contributed by atoms with van der Waals surface area (Å²) in [4.78, 5) is 35.4. The quantitative estimate of drug-likeness (QED) is 0.457. The summed E-state index contributed by atoms with van der Waals surface area (Å²) in [6, 6.07) is 13.1. The van der Waals surface area contributed by atoms with Crippen molar-refractivity contribution in [3.63, 3.8) is 0 Å². The Kier molecular flexibility index (Phi) is 7.55. The molecule has 0 fully saturated rings. The van der Waals surface area contributed by atoms with E-state index in [1.807, 2.05) is 30.3 Å². The Morgan fingerprint density at radius 1 is 1.07 bits per heavy atom. The summed E-state index contributed by atoms with van der Waals surface area (Å²) in [5.41, 5.74) is 3.73. The van der Waals surface area contributed by atoms with E-state index in [-0.39, 0.29) is 24.1 Å². The van der Waals surface area contributed by atoms with Gasteiger partial charge in [0.2, 0.25) is 0 Å². The van der Waals surface area contributed by atoms with Gasteiger partial charge in [0.15, 0.2) is 11.6 Å². The molecule has 0 saturated heterocycles. The van der Waals surface area contributed by atoms with Crippen molar-refractivity contribution in [2.45, 2.75) is 39.0 Å². The summed E-state index contributed by atoms with van der Waals surface area (Å²) in [6.07, 6.45) is 6.46. The van der Waals surface area contributed by atoms with Crippen LogP contribution in [0.25, 0.3) is 6.08 Å². The molecule has 2 aromatic rings. The third-order valence-electron chi connectivity index (χ3n) is 5.00. The maximum absolute atomic E-state index is 12.2. The molecule has 0 radical (unpaired) electrons. The molecule has 0 bridgehead atoms. The van der Waals surface area contributed by atoms with Crippen molar-refractivity contribution < 1.29 is 23.9 Å². The molecule has 5 nitrogen and oxygen atoms in total. The average Bonchev–Trinajstić information content (AvgIpc) is 2.76. The topological polar surface area (TPSA) is 69.7 Å². The minimum atomic E-state index is -0.363. The highest BCUT2D eigenvalue weighted by Gasteiger charge is 2.17. The Morgan fingerprint density at radius 2 is 1.87 bits per heavy atom. The van der Waals surface area contributed by atoms with E-state index in [4.69, 9.17) is 9.47 Å². The molecule has 0 unspecified atom stereocenters. The van der Waals surface area contributed by atoms with E-state index < -0.39 is 0 Å². The van der Waals surface area contributed by atoms with Gasteiger partial charge >= 0.3 is 5.97 Å². The number of benzene rings is 2. The summed E-state index contributed by atoms with van der Waals surface area (Å²) in [7, 11) is 0. The predicted molar refractivity (Wildman–Crippen MR) is 115 cm³/mol. The van der Waals surface area contributed by atoms with E-state index in [1.165, 1.54) is 6.08 Å². The van der Waals surface area contributed by atoms with Crippen molar-refractivity contribution in [3.05, 3.63) is 70.8 Å². The Bertz CT molecular complexity index is 941. The van der Waals surface area contributed by atoms with Gasteiger partial charge in [-0.1, -0.05) is 24.3 Å². The molecule has 0 N–H and O–H groups in total. The van der Waals surface area contributed by atoms with Gasteiger partial charge < -0.3 is 9.47 Å². The lowest BCUT2D eigenvalue weighted by molar-refractivity contribution is -0.137. The van der Waals surface area contributed by atoms with Crippen LogP contribution in [-0.4, -0.2) is 30.7 Å². The summed E-state index contributed by atoms with van der Waals surface area (Å²) in [6.45, 7) is 2.14. The molecular weight excluding hydrogens is 380 g/mol. The molecule has 30 heavy (non-hydrogen) atoms. The van der Waals surface area contributed by atoms with Gasteiger partial charge in [0.25, 0.3) is 0 Å². The van der Waals surface area contributed by atoms with Crippen LogP contribution in [0, 0.1) is 0 Å². The lowest BCUT2D eigenvalue weighted by atomic mass is 9.90. The zero-order chi connectivity index (χ0) is 21.3. The Hall–Kier alpha value is -3.21. The maximum atomic E-state index is 12.2. The normalized spacial score (nSPS) is 13.2. The van der Waals surface area contributed by atoms with Crippen molar-refractivity contribution in [2.24, 2.45) is 0 Å². The van der Waals surface area contributed by atoms with Crippen LogP contribution in [0.4, 0.5) is 0 Å². The average molecular weight is 406 g/mol. The van der Waals surface area contributed by atoms with Crippen LogP contribution in [0.1, 0.15) is 53.2 Å². The molecule has 0 amide bonds. The predicted octanol–water partition coefficient (Wildman–Crippen LogP) is 4.36. The highest BCUT2D eigenvalue weighted by atomic mass is 16.5. The number of ketones is 2. The standard InChI is InChI=1S/C25H26O5/c1-2-29-25(28)15-11-19-8-6-18(7-9-19)10-12-21(26)17-30-22-13-14-23-20(16-22)4-3-5-24(23)27/h6-9,11,13-16H,2-5,10,12,17H2,1H3/b15-11+. The molecule has 156 valence electrons. The van der Waals surface area contributed by atoms with Crippen LogP contribution in [-0.2, 0) is 27.2 Å². The van der Waals surface area contributed by atoms with Gasteiger partial charge in [0, 0.05) is 24.5 Å². The second-order valence-electron chi connectivity index (χ2n) is 7.25. The molecule has 0 atom stereocenters.